The topological polar surface area (TPSA) is 61.5 Å². The molecule has 0 amide bonds. The number of rotatable bonds is 5. The van der Waals surface area contributed by atoms with Crippen LogP contribution in [0.1, 0.15) is 59.3 Å². The van der Waals surface area contributed by atoms with Crippen molar-refractivity contribution in [3.05, 3.63) is 0 Å². The van der Waals surface area contributed by atoms with Gasteiger partial charge in [-0.05, 0) is 33.6 Å². The molecule has 1 aliphatic carbocycles. The number of carbonyl (C=O) groups is 1. The summed E-state index contributed by atoms with van der Waals surface area (Å²) in [5.41, 5.74) is 5.21. The minimum atomic E-state index is -0.446. The fourth-order valence-electron chi connectivity index (χ4n) is 2.53. The van der Waals surface area contributed by atoms with Crippen molar-refractivity contribution < 1.29 is 14.3 Å². The van der Waals surface area contributed by atoms with Gasteiger partial charge in [-0.25, -0.2) is 0 Å². The van der Waals surface area contributed by atoms with E-state index < -0.39 is 5.41 Å². The SMILES string of the molecule is CC(C)(C)OCCOC(=O)C1(CN)CCCCCC1. The van der Waals surface area contributed by atoms with Crippen LogP contribution in [0.2, 0.25) is 0 Å². The van der Waals surface area contributed by atoms with Crippen molar-refractivity contribution in [3.63, 3.8) is 0 Å². The summed E-state index contributed by atoms with van der Waals surface area (Å²) in [7, 11) is 0. The summed E-state index contributed by atoms with van der Waals surface area (Å²) in [4.78, 5) is 12.3. The summed E-state index contributed by atoms with van der Waals surface area (Å²) < 4.78 is 10.9. The molecule has 0 bridgehead atoms. The van der Waals surface area contributed by atoms with Gasteiger partial charge in [-0.3, -0.25) is 4.79 Å². The molecule has 0 atom stereocenters. The van der Waals surface area contributed by atoms with Gasteiger partial charge in [0.25, 0.3) is 0 Å². The minimum Gasteiger partial charge on any atom is -0.463 e. The zero-order valence-electron chi connectivity index (χ0n) is 12.7. The van der Waals surface area contributed by atoms with E-state index in [1.165, 1.54) is 12.8 Å². The predicted octanol–water partition coefficient (Wildman–Crippen LogP) is 2.64. The van der Waals surface area contributed by atoms with Crippen molar-refractivity contribution in [1.82, 2.24) is 0 Å². The standard InChI is InChI=1S/C15H29NO3/c1-14(2,3)19-11-10-18-13(17)15(12-16)8-6-4-5-7-9-15/h4-12,16H2,1-3H3. The first kappa shape index (κ1) is 16.4. The summed E-state index contributed by atoms with van der Waals surface area (Å²) in [5, 5.41) is 0. The molecule has 1 fully saturated rings. The van der Waals surface area contributed by atoms with Gasteiger partial charge in [0.1, 0.15) is 6.61 Å². The number of carbonyl (C=O) groups excluding carboxylic acids is 1. The van der Waals surface area contributed by atoms with Gasteiger partial charge in [0.2, 0.25) is 0 Å². The average molecular weight is 271 g/mol. The Morgan fingerprint density at radius 3 is 2.16 bits per heavy atom. The highest BCUT2D eigenvalue weighted by Gasteiger charge is 2.38. The molecule has 0 aromatic carbocycles. The van der Waals surface area contributed by atoms with Gasteiger partial charge in [-0.2, -0.15) is 0 Å². The second-order valence-electron chi connectivity index (χ2n) is 6.50. The molecule has 4 nitrogen and oxygen atoms in total. The van der Waals surface area contributed by atoms with Crippen molar-refractivity contribution in [3.8, 4) is 0 Å². The summed E-state index contributed by atoms with van der Waals surface area (Å²) >= 11 is 0. The normalized spacial score (nSPS) is 19.8. The van der Waals surface area contributed by atoms with Crippen molar-refractivity contribution in [2.45, 2.75) is 64.9 Å². The van der Waals surface area contributed by atoms with Crippen LogP contribution in [0.5, 0.6) is 0 Å². The van der Waals surface area contributed by atoms with Crippen LogP contribution >= 0.6 is 0 Å². The smallest absolute Gasteiger partial charge is 0.313 e. The molecule has 0 aliphatic heterocycles. The van der Waals surface area contributed by atoms with Crippen LogP contribution in [-0.4, -0.2) is 31.3 Å². The number of hydrogen-bond donors (Lipinski definition) is 1. The molecule has 1 aliphatic rings. The van der Waals surface area contributed by atoms with Gasteiger partial charge < -0.3 is 15.2 Å². The molecule has 0 aromatic rings. The van der Waals surface area contributed by atoms with Crippen LogP contribution in [0.25, 0.3) is 0 Å². The van der Waals surface area contributed by atoms with E-state index in [1.807, 2.05) is 20.8 Å². The van der Waals surface area contributed by atoms with E-state index in [1.54, 1.807) is 0 Å². The molecule has 0 radical (unpaired) electrons. The molecule has 0 heterocycles. The van der Waals surface area contributed by atoms with Gasteiger partial charge in [-0.1, -0.05) is 25.7 Å². The Morgan fingerprint density at radius 1 is 1.11 bits per heavy atom. The van der Waals surface area contributed by atoms with Crippen molar-refractivity contribution in [2.75, 3.05) is 19.8 Å². The highest BCUT2D eigenvalue weighted by atomic mass is 16.6. The van der Waals surface area contributed by atoms with Gasteiger partial charge in [-0.15, -0.1) is 0 Å². The van der Waals surface area contributed by atoms with E-state index in [2.05, 4.69) is 0 Å². The van der Waals surface area contributed by atoms with E-state index in [9.17, 15) is 4.79 Å². The summed E-state index contributed by atoms with van der Waals surface area (Å²) in [6, 6.07) is 0. The third-order valence-electron chi connectivity index (χ3n) is 3.74. The van der Waals surface area contributed by atoms with Gasteiger partial charge in [0.05, 0.1) is 17.6 Å². The Labute approximate surface area is 117 Å². The zero-order valence-corrected chi connectivity index (χ0v) is 12.7. The lowest BCUT2D eigenvalue weighted by Crippen LogP contribution is -2.40. The molecular weight excluding hydrogens is 242 g/mol. The fourth-order valence-corrected chi connectivity index (χ4v) is 2.53. The zero-order chi connectivity index (χ0) is 14.4. The highest BCUT2D eigenvalue weighted by Crippen LogP contribution is 2.35. The van der Waals surface area contributed by atoms with Crippen LogP contribution in [0, 0.1) is 5.41 Å². The Balaban J connectivity index is 2.41. The first-order valence-corrected chi connectivity index (χ1v) is 7.41. The molecule has 2 N–H and O–H groups in total. The quantitative estimate of drug-likeness (QED) is 0.474. The van der Waals surface area contributed by atoms with Crippen molar-refractivity contribution >= 4 is 5.97 Å². The first-order valence-electron chi connectivity index (χ1n) is 7.41. The van der Waals surface area contributed by atoms with Crippen LogP contribution in [-0.2, 0) is 14.3 Å². The number of nitrogens with two attached hydrogens (primary N) is 1. The van der Waals surface area contributed by atoms with Gasteiger partial charge in [0.15, 0.2) is 0 Å². The van der Waals surface area contributed by atoms with Crippen LogP contribution in [0.3, 0.4) is 0 Å². The van der Waals surface area contributed by atoms with E-state index >= 15 is 0 Å². The molecule has 19 heavy (non-hydrogen) atoms. The molecule has 0 spiro atoms. The molecule has 1 rings (SSSR count). The molecule has 112 valence electrons. The molecule has 0 aromatic heterocycles. The Hall–Kier alpha value is -0.610. The molecule has 4 heteroatoms. The van der Waals surface area contributed by atoms with Crippen molar-refractivity contribution in [2.24, 2.45) is 11.1 Å². The molecular formula is C15H29NO3. The van der Waals surface area contributed by atoms with Gasteiger partial charge in [0, 0.05) is 6.54 Å². The second-order valence-corrected chi connectivity index (χ2v) is 6.50. The molecule has 1 saturated carbocycles. The van der Waals surface area contributed by atoms with Crippen molar-refractivity contribution in [1.29, 1.82) is 0 Å². The molecule has 0 unspecified atom stereocenters. The third kappa shape index (κ3) is 5.49. The van der Waals surface area contributed by atoms with Gasteiger partial charge >= 0.3 is 5.97 Å². The Morgan fingerprint density at radius 2 is 1.68 bits per heavy atom. The first-order chi connectivity index (χ1) is 8.90. The fraction of sp³-hybridized carbons (Fsp3) is 0.933. The maximum absolute atomic E-state index is 12.3. The summed E-state index contributed by atoms with van der Waals surface area (Å²) in [6.45, 7) is 7.12. The number of ether oxygens (including phenoxy) is 2. The van der Waals surface area contributed by atoms with E-state index in [-0.39, 0.29) is 11.6 Å². The van der Waals surface area contributed by atoms with E-state index in [4.69, 9.17) is 15.2 Å². The maximum Gasteiger partial charge on any atom is 0.313 e. The van der Waals surface area contributed by atoms with Crippen LogP contribution < -0.4 is 5.73 Å². The summed E-state index contributed by atoms with van der Waals surface area (Å²) in [6.07, 6.45) is 6.27. The monoisotopic (exact) mass is 271 g/mol. The summed E-state index contributed by atoms with van der Waals surface area (Å²) in [5.74, 6) is -0.130. The minimum absolute atomic E-state index is 0.130. The third-order valence-corrected chi connectivity index (χ3v) is 3.74. The van der Waals surface area contributed by atoms with E-state index in [0.717, 1.165) is 25.7 Å². The van der Waals surface area contributed by atoms with Crippen LogP contribution in [0.4, 0.5) is 0 Å². The molecule has 0 saturated heterocycles. The Bertz CT molecular complexity index is 276. The highest BCUT2D eigenvalue weighted by molar-refractivity contribution is 5.77. The number of esters is 1. The Kier molecular flexibility index (Phi) is 6.27. The number of hydrogen-bond acceptors (Lipinski definition) is 4. The second kappa shape index (κ2) is 7.25. The predicted molar refractivity (Wildman–Crippen MR) is 75.9 cm³/mol. The lowest BCUT2D eigenvalue weighted by Gasteiger charge is -2.29. The average Bonchev–Trinajstić information content (AvgIpc) is 2.59. The van der Waals surface area contributed by atoms with Crippen LogP contribution in [0.15, 0.2) is 0 Å². The lowest BCUT2D eigenvalue weighted by molar-refractivity contribution is -0.159. The lowest BCUT2D eigenvalue weighted by atomic mass is 9.80. The maximum atomic E-state index is 12.3. The van der Waals surface area contributed by atoms with E-state index in [0.29, 0.717) is 19.8 Å². The largest absolute Gasteiger partial charge is 0.463 e.